The molecule has 0 saturated carbocycles. The molecule has 0 aromatic rings. The number of carboxylic acids is 1. The molecule has 0 aromatic carbocycles. The van der Waals surface area contributed by atoms with E-state index in [-0.39, 0.29) is 0 Å². The molecule has 0 aromatic heterocycles. The summed E-state index contributed by atoms with van der Waals surface area (Å²) < 4.78 is 23.8. The number of sulfone groups is 1. The van der Waals surface area contributed by atoms with Crippen molar-refractivity contribution < 1.29 is 23.1 Å². The molecule has 1 atom stereocenters. The minimum atomic E-state index is -3.69. The highest BCUT2D eigenvalue weighted by Gasteiger charge is 2.28. The molecule has 1 heterocycles. The largest absolute Gasteiger partial charge is 0.481 e. The fourth-order valence-electron chi connectivity index (χ4n) is 2.10. The van der Waals surface area contributed by atoms with Gasteiger partial charge in [-0.1, -0.05) is 12.8 Å². The molecule has 1 unspecified atom stereocenters. The molecular weight excluding hydrogens is 270 g/mol. The standard InChI is InChI=1S/C12H21NO5S/c1-10(8-12(15)16)19(17,18)9-11(14)13-6-4-2-3-5-7-13/h10H,2-9H2,1H3,(H,15,16). The smallest absolute Gasteiger partial charge is 0.304 e. The highest BCUT2D eigenvalue weighted by atomic mass is 32.2. The molecule has 6 nitrogen and oxygen atoms in total. The van der Waals surface area contributed by atoms with E-state index in [0.717, 1.165) is 25.7 Å². The first-order valence-corrected chi connectivity index (χ1v) is 8.25. The summed E-state index contributed by atoms with van der Waals surface area (Å²) in [6.07, 6.45) is 3.46. The number of aliphatic carboxylic acids is 1. The highest BCUT2D eigenvalue weighted by Crippen LogP contribution is 2.12. The van der Waals surface area contributed by atoms with Crippen molar-refractivity contribution in [2.75, 3.05) is 18.8 Å². The van der Waals surface area contributed by atoms with E-state index in [0.29, 0.717) is 13.1 Å². The molecule has 110 valence electrons. The number of carbonyl (C=O) groups excluding carboxylic acids is 1. The Morgan fingerprint density at radius 2 is 1.68 bits per heavy atom. The van der Waals surface area contributed by atoms with Crippen molar-refractivity contribution in [1.29, 1.82) is 0 Å². The third kappa shape index (κ3) is 5.18. The summed E-state index contributed by atoms with van der Waals surface area (Å²) in [6.45, 7) is 2.53. The van der Waals surface area contributed by atoms with Crippen molar-refractivity contribution >= 4 is 21.7 Å². The number of hydrogen-bond donors (Lipinski definition) is 1. The van der Waals surface area contributed by atoms with E-state index in [1.165, 1.54) is 6.92 Å². The van der Waals surface area contributed by atoms with Gasteiger partial charge in [-0.2, -0.15) is 0 Å². The molecular formula is C12H21NO5S. The SMILES string of the molecule is CC(CC(=O)O)S(=O)(=O)CC(=O)N1CCCCCC1. The summed E-state index contributed by atoms with van der Waals surface area (Å²) >= 11 is 0. The second kappa shape index (κ2) is 6.88. The Kier molecular flexibility index (Phi) is 5.78. The molecule has 1 aliphatic heterocycles. The van der Waals surface area contributed by atoms with Gasteiger partial charge in [0.25, 0.3) is 0 Å². The van der Waals surface area contributed by atoms with E-state index in [2.05, 4.69) is 0 Å². The number of amides is 1. The lowest BCUT2D eigenvalue weighted by atomic mass is 10.2. The van der Waals surface area contributed by atoms with Crippen molar-refractivity contribution in [3.8, 4) is 0 Å². The van der Waals surface area contributed by atoms with Crippen molar-refractivity contribution in [1.82, 2.24) is 4.90 Å². The molecule has 1 aliphatic rings. The van der Waals surface area contributed by atoms with Gasteiger partial charge in [0.2, 0.25) is 5.91 Å². The normalized spacial score (nSPS) is 18.7. The van der Waals surface area contributed by atoms with E-state index in [9.17, 15) is 18.0 Å². The van der Waals surface area contributed by atoms with Gasteiger partial charge in [0, 0.05) is 13.1 Å². The van der Waals surface area contributed by atoms with Gasteiger partial charge in [-0.05, 0) is 19.8 Å². The average molecular weight is 291 g/mol. The zero-order valence-corrected chi connectivity index (χ0v) is 12.0. The van der Waals surface area contributed by atoms with Crippen LogP contribution in [-0.2, 0) is 19.4 Å². The van der Waals surface area contributed by atoms with E-state index in [4.69, 9.17) is 5.11 Å². The molecule has 1 rings (SSSR count). The Morgan fingerprint density at radius 3 is 2.16 bits per heavy atom. The van der Waals surface area contributed by atoms with E-state index in [1.54, 1.807) is 4.90 Å². The van der Waals surface area contributed by atoms with Crippen LogP contribution in [0.2, 0.25) is 0 Å². The average Bonchev–Trinajstić information content (AvgIpc) is 2.55. The number of rotatable bonds is 5. The maximum Gasteiger partial charge on any atom is 0.304 e. The lowest BCUT2D eigenvalue weighted by Crippen LogP contribution is -2.38. The van der Waals surface area contributed by atoms with Crippen molar-refractivity contribution in [3.63, 3.8) is 0 Å². The zero-order chi connectivity index (χ0) is 14.5. The summed E-state index contributed by atoms with van der Waals surface area (Å²) in [5.41, 5.74) is 0. The van der Waals surface area contributed by atoms with Gasteiger partial charge in [0.05, 0.1) is 11.7 Å². The van der Waals surface area contributed by atoms with Crippen LogP contribution in [0.1, 0.15) is 39.0 Å². The lowest BCUT2D eigenvalue weighted by Gasteiger charge is -2.21. The molecule has 1 amide bonds. The van der Waals surface area contributed by atoms with Crippen LogP contribution in [0.5, 0.6) is 0 Å². The molecule has 1 saturated heterocycles. The third-order valence-electron chi connectivity index (χ3n) is 3.36. The Balaban J connectivity index is 2.61. The van der Waals surface area contributed by atoms with Crippen LogP contribution in [0, 0.1) is 0 Å². The van der Waals surface area contributed by atoms with Crippen LogP contribution in [-0.4, -0.2) is 54.4 Å². The lowest BCUT2D eigenvalue weighted by molar-refractivity contribution is -0.137. The number of nitrogens with zero attached hydrogens (tertiary/aromatic N) is 1. The number of hydrogen-bond acceptors (Lipinski definition) is 4. The fourth-order valence-corrected chi connectivity index (χ4v) is 3.31. The quantitative estimate of drug-likeness (QED) is 0.803. The molecule has 1 fully saturated rings. The minimum Gasteiger partial charge on any atom is -0.481 e. The van der Waals surface area contributed by atoms with Crippen LogP contribution in [0.15, 0.2) is 0 Å². The summed E-state index contributed by atoms with van der Waals surface area (Å²) in [7, 11) is -3.69. The van der Waals surface area contributed by atoms with Gasteiger partial charge in [0.15, 0.2) is 9.84 Å². The second-order valence-corrected chi connectivity index (χ2v) is 7.43. The van der Waals surface area contributed by atoms with Crippen molar-refractivity contribution in [3.05, 3.63) is 0 Å². The van der Waals surface area contributed by atoms with Crippen LogP contribution in [0.4, 0.5) is 0 Å². The predicted molar refractivity (Wildman–Crippen MR) is 70.5 cm³/mol. The zero-order valence-electron chi connectivity index (χ0n) is 11.2. The summed E-state index contributed by atoms with van der Waals surface area (Å²) in [5, 5.41) is 7.58. The number of likely N-dealkylation sites (tertiary alicyclic amines) is 1. The maximum absolute atomic E-state index is 12.0. The van der Waals surface area contributed by atoms with Gasteiger partial charge in [-0.25, -0.2) is 8.42 Å². The molecule has 0 aliphatic carbocycles. The predicted octanol–water partition coefficient (Wildman–Crippen LogP) is 0.667. The Morgan fingerprint density at radius 1 is 1.16 bits per heavy atom. The maximum atomic E-state index is 12.0. The Hall–Kier alpha value is -1.11. The van der Waals surface area contributed by atoms with Crippen LogP contribution >= 0.6 is 0 Å². The van der Waals surface area contributed by atoms with Crippen molar-refractivity contribution in [2.45, 2.75) is 44.3 Å². The van der Waals surface area contributed by atoms with Crippen LogP contribution in [0.25, 0.3) is 0 Å². The fraction of sp³-hybridized carbons (Fsp3) is 0.833. The van der Waals surface area contributed by atoms with Gasteiger partial charge in [-0.15, -0.1) is 0 Å². The van der Waals surface area contributed by atoms with E-state index in [1.807, 2.05) is 0 Å². The molecule has 0 bridgehead atoms. The van der Waals surface area contributed by atoms with Crippen molar-refractivity contribution in [2.24, 2.45) is 0 Å². The van der Waals surface area contributed by atoms with Gasteiger partial charge < -0.3 is 10.0 Å². The van der Waals surface area contributed by atoms with Crippen LogP contribution in [0.3, 0.4) is 0 Å². The Labute approximate surface area is 113 Å². The number of carboxylic acid groups (broad SMARTS) is 1. The Bertz CT molecular complexity index is 423. The summed E-state index contributed by atoms with van der Waals surface area (Å²) in [6, 6.07) is 0. The van der Waals surface area contributed by atoms with Gasteiger partial charge >= 0.3 is 5.97 Å². The molecule has 19 heavy (non-hydrogen) atoms. The monoisotopic (exact) mass is 291 g/mol. The van der Waals surface area contributed by atoms with E-state index >= 15 is 0 Å². The highest BCUT2D eigenvalue weighted by molar-refractivity contribution is 7.92. The molecule has 1 N–H and O–H groups in total. The van der Waals surface area contributed by atoms with Gasteiger partial charge in [0.1, 0.15) is 5.75 Å². The molecule has 0 radical (unpaired) electrons. The summed E-state index contributed by atoms with van der Waals surface area (Å²) in [4.78, 5) is 24.1. The number of carbonyl (C=O) groups is 2. The second-order valence-electron chi connectivity index (χ2n) is 5.01. The van der Waals surface area contributed by atoms with E-state index < -0.39 is 39.1 Å². The molecule has 7 heteroatoms. The minimum absolute atomic E-state index is 0.404. The summed E-state index contributed by atoms with van der Waals surface area (Å²) in [5.74, 6) is -2.15. The topological polar surface area (TPSA) is 91.7 Å². The third-order valence-corrected chi connectivity index (χ3v) is 5.40. The van der Waals surface area contributed by atoms with Gasteiger partial charge in [-0.3, -0.25) is 9.59 Å². The van der Waals surface area contributed by atoms with Crippen LogP contribution < -0.4 is 0 Å². The first-order chi connectivity index (χ1) is 8.83. The first-order valence-electron chi connectivity index (χ1n) is 6.54. The first kappa shape index (κ1) is 15.9. The molecule has 0 spiro atoms.